The van der Waals surface area contributed by atoms with E-state index in [2.05, 4.69) is 5.32 Å². The van der Waals surface area contributed by atoms with Crippen LogP contribution in [0.15, 0.2) is 0 Å². The molecular formula is C14H27N3O4. The molecular weight excluding hydrogens is 274 g/mol. The minimum absolute atomic E-state index is 0.137. The number of aliphatic hydroxyl groups is 1. The highest BCUT2D eigenvalue weighted by Gasteiger charge is 2.27. The minimum atomic E-state index is -1.17. The number of ether oxygens (including phenoxy) is 1. The van der Waals surface area contributed by atoms with Gasteiger partial charge in [0.25, 0.3) is 0 Å². The first-order valence-corrected chi connectivity index (χ1v) is 7.35. The van der Waals surface area contributed by atoms with E-state index in [1.54, 1.807) is 4.90 Å². The van der Waals surface area contributed by atoms with Crippen molar-refractivity contribution in [1.82, 2.24) is 10.2 Å². The second kappa shape index (κ2) is 7.61. The van der Waals surface area contributed by atoms with Gasteiger partial charge in [0.05, 0.1) is 0 Å². The molecule has 0 bridgehead atoms. The molecule has 21 heavy (non-hydrogen) atoms. The lowest BCUT2D eigenvalue weighted by atomic mass is 9.98. The average molecular weight is 301 g/mol. The molecule has 1 saturated heterocycles. The molecule has 1 aliphatic heterocycles. The number of primary amides is 1. The van der Waals surface area contributed by atoms with Crippen LogP contribution >= 0.6 is 0 Å². The van der Waals surface area contributed by atoms with Crippen LogP contribution < -0.4 is 11.1 Å². The Morgan fingerprint density at radius 1 is 1.48 bits per heavy atom. The first-order valence-electron chi connectivity index (χ1n) is 7.35. The van der Waals surface area contributed by atoms with Crippen molar-refractivity contribution in [2.75, 3.05) is 26.2 Å². The van der Waals surface area contributed by atoms with Crippen molar-refractivity contribution in [1.29, 1.82) is 0 Å². The first kappa shape index (κ1) is 17.7. The van der Waals surface area contributed by atoms with Gasteiger partial charge in [0.1, 0.15) is 11.7 Å². The molecule has 1 rings (SSSR count). The molecule has 2 unspecified atom stereocenters. The molecule has 2 atom stereocenters. The van der Waals surface area contributed by atoms with Crippen LogP contribution in [0.2, 0.25) is 0 Å². The van der Waals surface area contributed by atoms with E-state index in [9.17, 15) is 14.7 Å². The summed E-state index contributed by atoms with van der Waals surface area (Å²) in [7, 11) is 0. The smallest absolute Gasteiger partial charge is 0.410 e. The third-order valence-corrected chi connectivity index (χ3v) is 3.27. The molecule has 1 fully saturated rings. The van der Waals surface area contributed by atoms with E-state index in [-0.39, 0.29) is 18.6 Å². The van der Waals surface area contributed by atoms with Gasteiger partial charge in [0, 0.05) is 19.6 Å². The Morgan fingerprint density at radius 3 is 2.71 bits per heavy atom. The molecule has 7 nitrogen and oxygen atoms in total. The average Bonchev–Trinajstić information content (AvgIpc) is 2.36. The zero-order valence-electron chi connectivity index (χ0n) is 13.1. The van der Waals surface area contributed by atoms with Crippen molar-refractivity contribution in [3.05, 3.63) is 0 Å². The Hall–Kier alpha value is -1.34. The maximum absolute atomic E-state index is 12.0. The quantitative estimate of drug-likeness (QED) is 0.666. The Kier molecular flexibility index (Phi) is 6.42. The highest BCUT2D eigenvalue weighted by molar-refractivity contribution is 5.78. The van der Waals surface area contributed by atoms with Crippen LogP contribution in [-0.4, -0.2) is 59.9 Å². The summed E-state index contributed by atoms with van der Waals surface area (Å²) in [6.45, 7) is 7.63. The predicted molar refractivity (Wildman–Crippen MR) is 78.6 cm³/mol. The summed E-state index contributed by atoms with van der Waals surface area (Å²) in [5, 5.41) is 12.3. The van der Waals surface area contributed by atoms with Crippen molar-refractivity contribution in [3.63, 3.8) is 0 Å². The van der Waals surface area contributed by atoms with Crippen LogP contribution in [0.3, 0.4) is 0 Å². The molecule has 122 valence electrons. The molecule has 4 N–H and O–H groups in total. The van der Waals surface area contributed by atoms with Gasteiger partial charge < -0.3 is 25.8 Å². The van der Waals surface area contributed by atoms with E-state index in [1.165, 1.54) is 0 Å². The summed E-state index contributed by atoms with van der Waals surface area (Å²) in [5.74, 6) is -0.451. The predicted octanol–water partition coefficient (Wildman–Crippen LogP) is 0.0693. The van der Waals surface area contributed by atoms with Gasteiger partial charge >= 0.3 is 6.09 Å². The highest BCUT2D eigenvalue weighted by atomic mass is 16.6. The summed E-state index contributed by atoms with van der Waals surface area (Å²) < 4.78 is 5.37. The fraction of sp³-hybridized carbons (Fsp3) is 0.857. The molecule has 1 heterocycles. The largest absolute Gasteiger partial charge is 0.444 e. The lowest BCUT2D eigenvalue weighted by Crippen LogP contribution is -2.46. The molecule has 0 radical (unpaired) electrons. The fourth-order valence-electron chi connectivity index (χ4n) is 2.25. The number of piperidine rings is 1. The minimum Gasteiger partial charge on any atom is -0.444 e. The second-order valence-electron chi connectivity index (χ2n) is 6.51. The molecule has 2 amide bonds. The van der Waals surface area contributed by atoms with Crippen LogP contribution in [0.4, 0.5) is 4.79 Å². The molecule has 0 aliphatic carbocycles. The van der Waals surface area contributed by atoms with Crippen molar-refractivity contribution in [2.45, 2.75) is 45.3 Å². The number of nitrogens with one attached hydrogen (secondary N) is 1. The summed E-state index contributed by atoms with van der Waals surface area (Å²) >= 11 is 0. The number of rotatable bonds is 5. The number of hydrogen-bond donors (Lipinski definition) is 3. The zero-order valence-corrected chi connectivity index (χ0v) is 13.1. The summed E-state index contributed by atoms with van der Waals surface area (Å²) in [6.07, 6.45) is 0.461. The lowest BCUT2D eigenvalue weighted by molar-refractivity contribution is -0.125. The fourth-order valence-corrected chi connectivity index (χ4v) is 2.25. The summed E-state index contributed by atoms with van der Waals surface area (Å²) in [4.78, 5) is 24.4. The standard InChI is InChI=1S/C14H27N3O4/c1-14(2,3)21-13(20)17-6-4-5-10(9-17)7-16-8-11(18)12(15)19/h10-11,16,18H,4-9H2,1-3H3,(H2,15,19). The third kappa shape index (κ3) is 6.77. The number of amides is 2. The van der Waals surface area contributed by atoms with Gasteiger partial charge in [0.2, 0.25) is 5.91 Å². The third-order valence-electron chi connectivity index (χ3n) is 3.27. The van der Waals surface area contributed by atoms with E-state index in [0.29, 0.717) is 19.6 Å². The number of carbonyl (C=O) groups is 2. The molecule has 0 saturated carbocycles. The van der Waals surface area contributed by atoms with Gasteiger partial charge in [0.15, 0.2) is 0 Å². The monoisotopic (exact) mass is 301 g/mol. The number of nitrogens with two attached hydrogens (primary N) is 1. The van der Waals surface area contributed by atoms with Crippen molar-refractivity contribution in [3.8, 4) is 0 Å². The van der Waals surface area contributed by atoms with Gasteiger partial charge in [-0.15, -0.1) is 0 Å². The number of carbonyl (C=O) groups excluding carboxylic acids is 2. The van der Waals surface area contributed by atoms with Crippen molar-refractivity contribution < 1.29 is 19.4 Å². The van der Waals surface area contributed by atoms with Crippen LogP contribution in [0.25, 0.3) is 0 Å². The van der Waals surface area contributed by atoms with Crippen LogP contribution in [0, 0.1) is 5.92 Å². The molecule has 0 aromatic carbocycles. The number of likely N-dealkylation sites (tertiary alicyclic amines) is 1. The van der Waals surface area contributed by atoms with Crippen LogP contribution in [-0.2, 0) is 9.53 Å². The van der Waals surface area contributed by atoms with E-state index in [0.717, 1.165) is 12.8 Å². The van der Waals surface area contributed by atoms with Gasteiger partial charge in [-0.2, -0.15) is 0 Å². The Labute approximate surface area is 125 Å². The van der Waals surface area contributed by atoms with Gasteiger partial charge in [-0.1, -0.05) is 0 Å². The molecule has 1 aliphatic rings. The van der Waals surface area contributed by atoms with Crippen LogP contribution in [0.1, 0.15) is 33.6 Å². The van der Waals surface area contributed by atoms with Crippen molar-refractivity contribution in [2.24, 2.45) is 11.7 Å². The Morgan fingerprint density at radius 2 is 2.14 bits per heavy atom. The lowest BCUT2D eigenvalue weighted by Gasteiger charge is -2.34. The first-order chi connectivity index (χ1) is 9.69. The highest BCUT2D eigenvalue weighted by Crippen LogP contribution is 2.18. The van der Waals surface area contributed by atoms with E-state index in [4.69, 9.17) is 10.5 Å². The Balaban J connectivity index is 2.35. The summed E-state index contributed by atoms with van der Waals surface area (Å²) in [6, 6.07) is 0. The van der Waals surface area contributed by atoms with E-state index in [1.807, 2.05) is 20.8 Å². The van der Waals surface area contributed by atoms with Gasteiger partial charge in [-0.05, 0) is 46.1 Å². The van der Waals surface area contributed by atoms with Crippen LogP contribution in [0.5, 0.6) is 0 Å². The molecule has 0 aromatic heterocycles. The number of aliphatic hydroxyl groups excluding tert-OH is 1. The topological polar surface area (TPSA) is 105 Å². The normalized spacial score (nSPS) is 21.0. The molecule has 0 spiro atoms. The zero-order chi connectivity index (χ0) is 16.0. The Bertz CT molecular complexity index is 368. The maximum Gasteiger partial charge on any atom is 0.410 e. The van der Waals surface area contributed by atoms with E-state index < -0.39 is 17.6 Å². The number of nitrogens with zero attached hydrogens (tertiary/aromatic N) is 1. The molecule has 0 aromatic rings. The second-order valence-corrected chi connectivity index (χ2v) is 6.51. The number of hydrogen-bond acceptors (Lipinski definition) is 5. The van der Waals surface area contributed by atoms with E-state index >= 15 is 0 Å². The molecule has 7 heteroatoms. The summed E-state index contributed by atoms with van der Waals surface area (Å²) in [5.41, 5.74) is 4.49. The van der Waals surface area contributed by atoms with Gasteiger partial charge in [-0.25, -0.2) is 4.79 Å². The van der Waals surface area contributed by atoms with Crippen molar-refractivity contribution >= 4 is 12.0 Å². The maximum atomic E-state index is 12.0. The van der Waals surface area contributed by atoms with Gasteiger partial charge in [-0.3, -0.25) is 4.79 Å². The SMILES string of the molecule is CC(C)(C)OC(=O)N1CCCC(CNCC(O)C(N)=O)C1.